The Morgan fingerprint density at radius 2 is 1.88 bits per heavy atom. The summed E-state index contributed by atoms with van der Waals surface area (Å²) >= 11 is 5.92. The van der Waals surface area contributed by atoms with Crippen LogP contribution in [-0.4, -0.2) is 37.3 Å². The predicted octanol–water partition coefficient (Wildman–Crippen LogP) is 4.61. The summed E-state index contributed by atoms with van der Waals surface area (Å²) in [7, 11) is 0.980. The highest BCUT2D eigenvalue weighted by atomic mass is 35.5. The molecule has 0 N–H and O–H groups in total. The number of benzene rings is 1. The molecular formula is C15H13ClF6O4. The van der Waals surface area contributed by atoms with Crippen molar-refractivity contribution in [3.63, 3.8) is 0 Å². The van der Waals surface area contributed by atoms with Gasteiger partial charge in [-0.05, 0) is 31.0 Å². The molecule has 0 amide bonds. The van der Waals surface area contributed by atoms with E-state index < -0.39 is 48.3 Å². The van der Waals surface area contributed by atoms with Crippen LogP contribution in [0.4, 0.5) is 26.3 Å². The Morgan fingerprint density at radius 1 is 1.27 bits per heavy atom. The Bertz CT molecular complexity index is 690. The van der Waals surface area contributed by atoms with Crippen LogP contribution in [0.15, 0.2) is 18.2 Å². The molecule has 3 unspecified atom stereocenters. The number of alkyl halides is 6. The lowest BCUT2D eigenvalue weighted by molar-refractivity contribution is -0.274. The molecule has 0 aliphatic carbocycles. The van der Waals surface area contributed by atoms with Crippen molar-refractivity contribution < 1.29 is 45.3 Å². The monoisotopic (exact) mass is 406 g/mol. The summed E-state index contributed by atoms with van der Waals surface area (Å²) in [5, 5.41) is -0.291. The van der Waals surface area contributed by atoms with Crippen LogP contribution in [-0.2, 0) is 14.3 Å². The first kappa shape index (κ1) is 20.6. The van der Waals surface area contributed by atoms with Crippen LogP contribution < -0.4 is 4.74 Å². The first-order valence-electron chi connectivity index (χ1n) is 7.15. The molecule has 26 heavy (non-hydrogen) atoms. The van der Waals surface area contributed by atoms with Gasteiger partial charge >= 0.3 is 18.5 Å². The van der Waals surface area contributed by atoms with Crippen LogP contribution in [0.1, 0.15) is 24.8 Å². The number of carbonyl (C=O) groups excluding carboxylic acids is 1. The highest BCUT2D eigenvalue weighted by molar-refractivity contribution is 6.31. The van der Waals surface area contributed by atoms with E-state index in [0.717, 1.165) is 32.2 Å². The quantitative estimate of drug-likeness (QED) is 0.543. The highest BCUT2D eigenvalue weighted by Gasteiger charge is 2.61. The number of hydrogen-bond donors (Lipinski definition) is 0. The maximum atomic E-state index is 13.3. The molecule has 3 atom stereocenters. The lowest BCUT2D eigenvalue weighted by Gasteiger charge is -2.26. The van der Waals surface area contributed by atoms with Gasteiger partial charge in [0.25, 0.3) is 0 Å². The fraction of sp³-hybridized carbons (Fsp3) is 0.533. The number of carbonyl (C=O) groups is 1. The molecule has 0 saturated carbocycles. The van der Waals surface area contributed by atoms with Crippen molar-refractivity contribution in [3.05, 3.63) is 28.8 Å². The maximum absolute atomic E-state index is 13.3. The molecule has 1 aliphatic rings. The zero-order valence-electron chi connectivity index (χ0n) is 13.4. The van der Waals surface area contributed by atoms with Gasteiger partial charge in [0.2, 0.25) is 0 Å². The molecule has 4 nitrogen and oxygen atoms in total. The molecule has 0 bridgehead atoms. The number of rotatable bonds is 3. The van der Waals surface area contributed by atoms with Gasteiger partial charge in [0.05, 0.1) is 7.11 Å². The summed E-state index contributed by atoms with van der Waals surface area (Å²) in [5.41, 5.74) is -2.62. The minimum atomic E-state index is -4.95. The number of esters is 1. The SMILES string of the molecule is COC(=O)C1OC(C)(C(F)(F)F)CC1c1ccc(OC(F)(F)F)cc1Cl. The molecule has 0 radical (unpaired) electrons. The minimum absolute atomic E-state index is 0.0181. The smallest absolute Gasteiger partial charge is 0.467 e. The molecule has 11 heteroatoms. The number of methoxy groups -OCH3 is 1. The van der Waals surface area contributed by atoms with Gasteiger partial charge in [0.15, 0.2) is 11.7 Å². The molecule has 1 aromatic rings. The predicted molar refractivity (Wildman–Crippen MR) is 76.8 cm³/mol. The van der Waals surface area contributed by atoms with Crippen molar-refractivity contribution in [2.75, 3.05) is 7.11 Å². The van der Waals surface area contributed by atoms with Crippen LogP contribution in [0.3, 0.4) is 0 Å². The Balaban J connectivity index is 2.39. The third-order valence-corrected chi connectivity index (χ3v) is 4.33. The van der Waals surface area contributed by atoms with Gasteiger partial charge < -0.3 is 14.2 Å². The molecule has 1 fully saturated rings. The second kappa shape index (κ2) is 6.80. The third-order valence-electron chi connectivity index (χ3n) is 4.00. The van der Waals surface area contributed by atoms with Gasteiger partial charge in [-0.2, -0.15) is 13.2 Å². The van der Waals surface area contributed by atoms with E-state index in [-0.39, 0.29) is 10.6 Å². The summed E-state index contributed by atoms with van der Waals surface area (Å²) in [6, 6.07) is 2.77. The number of hydrogen-bond acceptors (Lipinski definition) is 4. The summed E-state index contributed by atoms with van der Waals surface area (Å²) in [6.45, 7) is 0.776. The molecule has 1 saturated heterocycles. The lowest BCUT2D eigenvalue weighted by Crippen LogP contribution is -2.43. The van der Waals surface area contributed by atoms with E-state index in [9.17, 15) is 31.1 Å². The standard InChI is InChI=1S/C15H13ClF6O4/c1-13(14(17,18)19)6-9(11(26-13)12(23)24-2)8-4-3-7(5-10(8)16)25-15(20,21)22/h3-5,9,11H,6H2,1-2H3. The van der Waals surface area contributed by atoms with E-state index in [1.54, 1.807) is 0 Å². The number of halogens is 7. The van der Waals surface area contributed by atoms with Gasteiger partial charge in [0.1, 0.15) is 5.75 Å². The van der Waals surface area contributed by atoms with E-state index in [1.165, 1.54) is 0 Å². The Kier molecular flexibility index (Phi) is 5.40. The fourth-order valence-corrected chi connectivity index (χ4v) is 3.04. The van der Waals surface area contributed by atoms with Gasteiger partial charge in [-0.25, -0.2) is 4.79 Å². The fourth-order valence-electron chi connectivity index (χ4n) is 2.73. The molecule has 0 spiro atoms. The zero-order valence-corrected chi connectivity index (χ0v) is 14.1. The molecule has 1 heterocycles. The van der Waals surface area contributed by atoms with Crippen LogP contribution in [0.25, 0.3) is 0 Å². The average Bonchev–Trinajstić information content (AvgIpc) is 2.83. The van der Waals surface area contributed by atoms with Gasteiger partial charge in [0, 0.05) is 10.9 Å². The average molecular weight is 407 g/mol. The molecule has 1 aromatic carbocycles. The van der Waals surface area contributed by atoms with Crippen molar-refractivity contribution in [1.82, 2.24) is 0 Å². The Labute approximate surface area is 149 Å². The number of ether oxygens (including phenoxy) is 3. The summed E-state index contributed by atoms with van der Waals surface area (Å²) < 4.78 is 89.7. The van der Waals surface area contributed by atoms with Crippen LogP contribution >= 0.6 is 11.6 Å². The lowest BCUT2D eigenvalue weighted by atomic mass is 9.86. The molecule has 146 valence electrons. The summed E-state index contributed by atoms with van der Waals surface area (Å²) in [4.78, 5) is 11.8. The highest BCUT2D eigenvalue weighted by Crippen LogP contribution is 2.50. The molecule has 0 aromatic heterocycles. The normalized spacial score (nSPS) is 26.7. The van der Waals surface area contributed by atoms with Crippen molar-refractivity contribution in [2.45, 2.75) is 43.5 Å². The van der Waals surface area contributed by atoms with Crippen LogP contribution in [0.2, 0.25) is 5.02 Å². The second-order valence-electron chi connectivity index (χ2n) is 5.83. The van der Waals surface area contributed by atoms with E-state index in [4.69, 9.17) is 16.3 Å². The van der Waals surface area contributed by atoms with Crippen LogP contribution in [0, 0.1) is 0 Å². The summed E-state index contributed by atoms with van der Waals surface area (Å²) in [6.07, 6.45) is -12.0. The maximum Gasteiger partial charge on any atom is 0.573 e. The van der Waals surface area contributed by atoms with Gasteiger partial charge in [-0.3, -0.25) is 0 Å². The van der Waals surface area contributed by atoms with Crippen molar-refractivity contribution in [3.8, 4) is 5.75 Å². The van der Waals surface area contributed by atoms with E-state index in [0.29, 0.717) is 0 Å². The largest absolute Gasteiger partial charge is 0.573 e. The zero-order chi connectivity index (χ0) is 19.9. The van der Waals surface area contributed by atoms with Gasteiger partial charge in [-0.1, -0.05) is 17.7 Å². The van der Waals surface area contributed by atoms with E-state index in [1.807, 2.05) is 0 Å². The van der Waals surface area contributed by atoms with Crippen LogP contribution in [0.5, 0.6) is 5.75 Å². The summed E-state index contributed by atoms with van der Waals surface area (Å²) in [5.74, 6) is -2.85. The molecular weight excluding hydrogens is 394 g/mol. The Morgan fingerprint density at radius 3 is 2.35 bits per heavy atom. The second-order valence-corrected chi connectivity index (χ2v) is 6.24. The molecule has 2 rings (SSSR count). The van der Waals surface area contributed by atoms with Crippen molar-refractivity contribution in [2.24, 2.45) is 0 Å². The van der Waals surface area contributed by atoms with E-state index >= 15 is 0 Å². The van der Waals surface area contributed by atoms with Gasteiger partial charge in [-0.15, -0.1) is 13.2 Å². The first-order valence-corrected chi connectivity index (χ1v) is 7.53. The minimum Gasteiger partial charge on any atom is -0.467 e. The first-order chi connectivity index (χ1) is 11.8. The van der Waals surface area contributed by atoms with Crippen molar-refractivity contribution in [1.29, 1.82) is 0 Å². The Hall–Kier alpha value is -1.68. The third kappa shape index (κ3) is 4.17. The topological polar surface area (TPSA) is 44.8 Å². The molecule has 1 aliphatic heterocycles. The van der Waals surface area contributed by atoms with Crippen molar-refractivity contribution >= 4 is 17.6 Å². The van der Waals surface area contributed by atoms with E-state index in [2.05, 4.69) is 9.47 Å².